The Kier molecular flexibility index (Phi) is 6.49. The summed E-state index contributed by atoms with van der Waals surface area (Å²) in [4.78, 5) is 37.9. The van der Waals surface area contributed by atoms with E-state index in [-0.39, 0.29) is 37.5 Å². The molecule has 12 heteroatoms. The van der Waals surface area contributed by atoms with Gasteiger partial charge in [-0.3, -0.25) is 9.59 Å². The Morgan fingerprint density at radius 2 is 1.81 bits per heavy atom. The maximum absolute atomic E-state index is 12.8. The number of ketones is 1. The van der Waals surface area contributed by atoms with Gasteiger partial charge in [0, 0.05) is 11.0 Å². The number of hydrogen-bond donors (Lipinski definition) is 2. The number of nitrogens with one attached hydrogen (secondary N) is 1. The first-order chi connectivity index (χ1) is 14.6. The summed E-state index contributed by atoms with van der Waals surface area (Å²) in [5.74, 6) is -1.87. The maximum Gasteiger partial charge on any atom is 0.325 e. The van der Waals surface area contributed by atoms with Gasteiger partial charge in [0.15, 0.2) is 5.71 Å². The molecule has 2 aromatic carbocycles. The van der Waals surface area contributed by atoms with Crippen molar-refractivity contribution >= 4 is 68.9 Å². The van der Waals surface area contributed by atoms with Crippen molar-refractivity contribution in [2.24, 2.45) is 5.16 Å². The molecule has 0 unspecified atom stereocenters. The van der Waals surface area contributed by atoms with Gasteiger partial charge in [0.1, 0.15) is 5.52 Å². The number of anilines is 1. The molecule has 160 valence electrons. The number of carbonyl (C=O) groups excluding carboxylic acids is 2. The summed E-state index contributed by atoms with van der Waals surface area (Å²) >= 11 is 17.7. The number of Topliss-reactive ketones (excluding diaryl/α,β-unsaturated/α-hetero) is 1. The summed E-state index contributed by atoms with van der Waals surface area (Å²) in [6.07, 6.45) is -0.761. The molecule has 31 heavy (non-hydrogen) atoms. The molecular weight excluding hydrogens is 471 g/mol. The fraction of sp³-hybridized carbons (Fsp3) is 0.105. The average molecular weight is 484 g/mol. The predicted molar refractivity (Wildman–Crippen MR) is 117 cm³/mol. The van der Waals surface area contributed by atoms with Crippen LogP contribution in [0.4, 0.5) is 5.69 Å². The van der Waals surface area contributed by atoms with Crippen molar-refractivity contribution in [1.82, 2.24) is 4.73 Å². The summed E-state index contributed by atoms with van der Waals surface area (Å²) < 4.78 is 0.756. The van der Waals surface area contributed by atoms with Crippen LogP contribution in [-0.4, -0.2) is 27.3 Å². The van der Waals surface area contributed by atoms with Crippen molar-refractivity contribution in [2.75, 3.05) is 5.32 Å². The van der Waals surface area contributed by atoms with Gasteiger partial charge in [0.2, 0.25) is 5.78 Å². The van der Waals surface area contributed by atoms with Gasteiger partial charge in [-0.25, -0.2) is 0 Å². The minimum atomic E-state index is -0.970. The average Bonchev–Trinajstić information content (AvgIpc) is 2.74. The second-order valence-corrected chi connectivity index (χ2v) is 7.58. The van der Waals surface area contributed by atoms with E-state index in [0.717, 1.165) is 0 Å². The van der Waals surface area contributed by atoms with Crippen LogP contribution in [0.25, 0.3) is 11.0 Å². The van der Waals surface area contributed by atoms with Crippen LogP contribution in [0.15, 0.2) is 41.6 Å². The molecule has 0 aliphatic heterocycles. The molecule has 0 aliphatic carbocycles. The van der Waals surface area contributed by atoms with Crippen LogP contribution in [0, 0.1) is 17.0 Å². The fourth-order valence-corrected chi connectivity index (χ4v) is 3.47. The molecule has 0 radical (unpaired) electrons. The van der Waals surface area contributed by atoms with E-state index in [9.17, 15) is 24.9 Å². The molecule has 0 atom stereocenters. The van der Waals surface area contributed by atoms with Crippen molar-refractivity contribution in [3.63, 3.8) is 0 Å². The van der Waals surface area contributed by atoms with E-state index in [4.69, 9.17) is 34.8 Å². The molecule has 9 nitrogen and oxygen atoms in total. The molecule has 3 aromatic rings. The zero-order valence-electron chi connectivity index (χ0n) is 15.7. The quantitative estimate of drug-likeness (QED) is 0.140. The van der Waals surface area contributed by atoms with E-state index in [0.29, 0.717) is 9.16 Å². The highest BCUT2D eigenvalue weighted by Gasteiger charge is 2.30. The SMILES string of the molecule is Cc1c(C(=O)C/C(=N/O)C(=O)Nc2cc(Cl)c(Cl)cc2Cl)[n+](=O)c2ccccc2n1[O-]. The molecule has 2 N–H and O–H groups in total. The lowest BCUT2D eigenvalue weighted by atomic mass is 10.1. The normalized spacial score (nSPS) is 11.5. The number of fused-ring (bicyclic) bond motifs is 1. The van der Waals surface area contributed by atoms with Crippen molar-refractivity contribution in [3.8, 4) is 0 Å². The van der Waals surface area contributed by atoms with Crippen LogP contribution in [-0.2, 0) is 4.79 Å². The first-order valence-corrected chi connectivity index (χ1v) is 9.73. The van der Waals surface area contributed by atoms with Crippen LogP contribution in [0.3, 0.4) is 0 Å². The smallest absolute Gasteiger partial charge is 0.325 e. The number of benzene rings is 2. The summed E-state index contributed by atoms with van der Waals surface area (Å²) in [5, 5.41) is 27.2. The molecule has 0 saturated heterocycles. The van der Waals surface area contributed by atoms with E-state index < -0.39 is 29.5 Å². The highest BCUT2D eigenvalue weighted by Crippen LogP contribution is 2.32. The van der Waals surface area contributed by atoms with Crippen molar-refractivity contribution in [2.45, 2.75) is 13.3 Å². The number of halogens is 3. The number of hydrogen-bond acceptors (Lipinski definition) is 6. The standard InChI is InChI=1S/C19H13Cl3N4O5/c1-9-18(26(31)16-5-3-2-4-15(16)25(9)30)17(27)8-14(24-29)19(28)23-13-7-11(21)10(20)6-12(13)22/h2-7,29H,8H2,1H3,(H,23,28)/b24-14-. The summed E-state index contributed by atoms with van der Waals surface area (Å²) in [5.41, 5.74) is -1.14. The maximum atomic E-state index is 12.8. The first kappa shape index (κ1) is 22.5. The number of aromatic nitrogens is 2. The summed E-state index contributed by atoms with van der Waals surface area (Å²) in [6, 6.07) is 8.51. The number of oxime groups is 1. The van der Waals surface area contributed by atoms with Gasteiger partial charge in [-0.15, -0.1) is 0 Å². The third-order valence-corrected chi connectivity index (χ3v) is 5.44. The van der Waals surface area contributed by atoms with Crippen molar-refractivity contribution in [1.29, 1.82) is 0 Å². The Bertz CT molecular complexity index is 1320. The second kappa shape index (κ2) is 8.93. The van der Waals surface area contributed by atoms with Crippen LogP contribution in [0.2, 0.25) is 15.1 Å². The lowest BCUT2D eigenvalue weighted by molar-refractivity contribution is -0.468. The van der Waals surface area contributed by atoms with Gasteiger partial charge in [-0.05, 0) is 25.1 Å². The zero-order valence-corrected chi connectivity index (χ0v) is 18.0. The van der Waals surface area contributed by atoms with Gasteiger partial charge in [-0.2, -0.15) is 0 Å². The minimum absolute atomic E-state index is 0.0269. The Morgan fingerprint density at radius 3 is 2.48 bits per heavy atom. The van der Waals surface area contributed by atoms with Crippen molar-refractivity contribution < 1.29 is 19.2 Å². The Morgan fingerprint density at radius 1 is 1.16 bits per heavy atom. The van der Waals surface area contributed by atoms with Crippen LogP contribution < -0.4 is 9.74 Å². The van der Waals surface area contributed by atoms with Gasteiger partial charge in [0.05, 0.1) is 37.3 Å². The van der Waals surface area contributed by atoms with Gasteiger partial charge in [-0.1, -0.05) is 52.1 Å². The van der Waals surface area contributed by atoms with Crippen LogP contribution in [0.5, 0.6) is 0 Å². The highest BCUT2D eigenvalue weighted by atomic mass is 35.5. The molecule has 1 amide bonds. The highest BCUT2D eigenvalue weighted by molar-refractivity contribution is 6.48. The number of para-hydroxylation sites is 2. The fourth-order valence-electron chi connectivity index (χ4n) is 2.88. The summed E-state index contributed by atoms with van der Waals surface area (Å²) in [6.45, 7) is 1.30. The van der Waals surface area contributed by atoms with E-state index >= 15 is 0 Å². The molecule has 0 spiro atoms. The lowest BCUT2D eigenvalue weighted by Gasteiger charge is -2.16. The van der Waals surface area contributed by atoms with Crippen LogP contribution >= 0.6 is 34.8 Å². The Hall–Kier alpha value is -3.14. The van der Waals surface area contributed by atoms with Gasteiger partial charge in [0.25, 0.3) is 11.4 Å². The first-order valence-electron chi connectivity index (χ1n) is 8.60. The largest absolute Gasteiger partial charge is 0.805 e. The predicted octanol–water partition coefficient (Wildman–Crippen LogP) is 4.21. The molecule has 1 heterocycles. The molecule has 1 aromatic heterocycles. The monoisotopic (exact) mass is 482 g/mol. The van der Waals surface area contributed by atoms with Crippen molar-refractivity contribution in [3.05, 3.63) is 73.0 Å². The van der Waals surface area contributed by atoms with E-state index in [1.807, 2.05) is 0 Å². The van der Waals surface area contributed by atoms with E-state index in [1.54, 1.807) is 6.07 Å². The van der Waals surface area contributed by atoms with Gasteiger partial charge >= 0.3 is 5.69 Å². The molecule has 0 bridgehead atoms. The third kappa shape index (κ3) is 4.34. The Balaban J connectivity index is 1.91. The Labute approximate surface area is 189 Å². The number of carbonyl (C=O) groups is 2. The number of rotatable bonds is 5. The minimum Gasteiger partial charge on any atom is -0.805 e. The lowest BCUT2D eigenvalue weighted by Crippen LogP contribution is -2.33. The molecular formula is C19H13Cl3N4O5. The third-order valence-electron chi connectivity index (χ3n) is 4.40. The van der Waals surface area contributed by atoms with Crippen LogP contribution in [0.1, 0.15) is 22.6 Å². The second-order valence-electron chi connectivity index (χ2n) is 6.36. The summed E-state index contributed by atoms with van der Waals surface area (Å²) in [7, 11) is 0. The zero-order chi connectivity index (χ0) is 22.9. The number of amides is 1. The van der Waals surface area contributed by atoms with E-state index in [2.05, 4.69) is 10.5 Å². The molecule has 0 fully saturated rings. The number of nitrogens with zero attached hydrogens (tertiary/aromatic N) is 3. The van der Waals surface area contributed by atoms with Gasteiger partial charge < -0.3 is 20.5 Å². The topological polar surface area (TPSA) is 130 Å². The molecule has 0 aliphatic rings. The van der Waals surface area contributed by atoms with E-state index in [1.165, 1.54) is 37.3 Å². The molecule has 3 rings (SSSR count). The molecule has 0 saturated carbocycles.